The van der Waals surface area contributed by atoms with Gasteiger partial charge in [0.25, 0.3) is 5.91 Å². The van der Waals surface area contributed by atoms with E-state index in [0.717, 1.165) is 18.6 Å². The number of halogens is 2. The van der Waals surface area contributed by atoms with Crippen molar-refractivity contribution in [3.8, 4) is 0 Å². The maximum Gasteiger partial charge on any atom is 0.256 e. The van der Waals surface area contributed by atoms with Gasteiger partial charge < -0.3 is 10.2 Å². The van der Waals surface area contributed by atoms with Crippen LogP contribution >= 0.6 is 0 Å². The van der Waals surface area contributed by atoms with Crippen LogP contribution in [0.3, 0.4) is 0 Å². The average Bonchev–Trinajstić information content (AvgIpc) is 3.16. The molecule has 7 nitrogen and oxygen atoms in total. The molecule has 1 saturated heterocycles. The van der Waals surface area contributed by atoms with Gasteiger partial charge in [-0.2, -0.15) is 10.1 Å². The molecule has 1 aliphatic carbocycles. The number of hydrogen-bond acceptors (Lipinski definition) is 5. The zero-order chi connectivity index (χ0) is 19.4. The van der Waals surface area contributed by atoms with Crippen LogP contribution in [0.15, 0.2) is 30.7 Å². The Labute approximate surface area is 159 Å². The summed E-state index contributed by atoms with van der Waals surface area (Å²) >= 11 is 0. The molecule has 1 N–H and O–H groups in total. The number of aromatic nitrogens is 4. The highest BCUT2D eigenvalue weighted by Gasteiger charge is 2.54. The monoisotopic (exact) mass is 384 g/mol. The van der Waals surface area contributed by atoms with Crippen LogP contribution in [0, 0.1) is 23.5 Å². The van der Waals surface area contributed by atoms with E-state index >= 15 is 0 Å². The van der Waals surface area contributed by atoms with E-state index in [1.807, 2.05) is 11.8 Å². The van der Waals surface area contributed by atoms with Gasteiger partial charge in [-0.05, 0) is 43.4 Å². The summed E-state index contributed by atoms with van der Waals surface area (Å²) in [5.41, 5.74) is 1.06. The maximum atomic E-state index is 14.5. The Morgan fingerprint density at radius 1 is 1.36 bits per heavy atom. The molecule has 0 radical (unpaired) electrons. The number of carbonyl (C=O) groups is 1. The van der Waals surface area contributed by atoms with Crippen molar-refractivity contribution in [2.75, 3.05) is 18.0 Å². The second-order valence-electron chi connectivity index (χ2n) is 7.26. The Balaban J connectivity index is 1.56. The summed E-state index contributed by atoms with van der Waals surface area (Å²) in [6, 6.07) is 3.22. The van der Waals surface area contributed by atoms with Crippen LogP contribution in [-0.4, -0.2) is 38.6 Å². The number of nitrogens with zero attached hydrogens (tertiary/aromatic N) is 5. The quantitative estimate of drug-likeness (QED) is 0.747. The van der Waals surface area contributed by atoms with Gasteiger partial charge >= 0.3 is 0 Å². The molecule has 0 bridgehead atoms. The smallest absolute Gasteiger partial charge is 0.256 e. The Bertz CT molecular complexity index is 1080. The van der Waals surface area contributed by atoms with Gasteiger partial charge in [0.1, 0.15) is 23.5 Å². The number of piperidine rings is 1. The van der Waals surface area contributed by atoms with E-state index < -0.39 is 11.6 Å². The number of benzene rings is 1. The van der Waals surface area contributed by atoms with E-state index in [2.05, 4.69) is 20.4 Å². The summed E-state index contributed by atoms with van der Waals surface area (Å²) in [5, 5.41) is 6.85. The molecule has 3 heterocycles. The number of rotatable bonds is 4. The van der Waals surface area contributed by atoms with Crippen LogP contribution in [0.5, 0.6) is 0 Å². The van der Waals surface area contributed by atoms with Gasteiger partial charge in [0.2, 0.25) is 5.95 Å². The topological polar surface area (TPSA) is 75.4 Å². The fraction of sp³-hybridized carbons (Fsp3) is 0.368. The summed E-state index contributed by atoms with van der Waals surface area (Å²) in [7, 11) is 0. The molecule has 144 valence electrons. The molecular weight excluding hydrogens is 366 g/mol. The minimum Gasteiger partial charge on any atom is -0.352 e. The largest absolute Gasteiger partial charge is 0.352 e. The molecule has 1 aromatic carbocycles. The highest BCUT2D eigenvalue weighted by atomic mass is 19.1. The lowest BCUT2D eigenvalue weighted by Gasteiger charge is -2.28. The lowest BCUT2D eigenvalue weighted by molar-refractivity contribution is 0.0957. The Morgan fingerprint density at radius 2 is 2.21 bits per heavy atom. The summed E-state index contributed by atoms with van der Waals surface area (Å²) in [4.78, 5) is 23.1. The number of nitrogens with one attached hydrogen (secondary N) is 1. The average molecular weight is 384 g/mol. The van der Waals surface area contributed by atoms with Crippen molar-refractivity contribution < 1.29 is 13.6 Å². The van der Waals surface area contributed by atoms with Crippen LogP contribution in [-0.2, 0) is 0 Å². The molecule has 2 aromatic heterocycles. The zero-order valence-electron chi connectivity index (χ0n) is 15.1. The van der Waals surface area contributed by atoms with Crippen molar-refractivity contribution >= 4 is 17.5 Å². The second-order valence-corrected chi connectivity index (χ2v) is 7.26. The highest BCUT2D eigenvalue weighted by molar-refractivity contribution is 5.99. The Kier molecular flexibility index (Phi) is 3.78. The SMILES string of the molecule is CCNC(=O)c1cnn2cnc(N3CC4CC4[C@@H]3c3cc(F)ccc3F)nc12. The first-order valence-electron chi connectivity index (χ1n) is 9.27. The molecule has 1 amide bonds. The molecule has 3 atom stereocenters. The van der Waals surface area contributed by atoms with Crippen molar-refractivity contribution in [3.05, 3.63) is 53.5 Å². The van der Waals surface area contributed by atoms with Gasteiger partial charge in [0.05, 0.1) is 12.2 Å². The van der Waals surface area contributed by atoms with Crippen molar-refractivity contribution in [1.82, 2.24) is 24.9 Å². The van der Waals surface area contributed by atoms with Crippen LogP contribution in [0.2, 0.25) is 0 Å². The lowest BCUT2D eigenvalue weighted by Crippen LogP contribution is -2.29. The molecule has 2 fully saturated rings. The van der Waals surface area contributed by atoms with E-state index in [9.17, 15) is 13.6 Å². The van der Waals surface area contributed by atoms with E-state index in [1.165, 1.54) is 23.1 Å². The van der Waals surface area contributed by atoms with Gasteiger partial charge in [-0.1, -0.05) is 0 Å². The summed E-state index contributed by atoms with van der Waals surface area (Å²) in [6.07, 6.45) is 3.92. The van der Waals surface area contributed by atoms with Crippen LogP contribution in [0.1, 0.15) is 35.3 Å². The fourth-order valence-electron chi connectivity index (χ4n) is 4.15. The zero-order valence-corrected chi connectivity index (χ0v) is 15.1. The van der Waals surface area contributed by atoms with Gasteiger partial charge in [0, 0.05) is 18.7 Å². The van der Waals surface area contributed by atoms with Crippen molar-refractivity contribution in [1.29, 1.82) is 0 Å². The first-order valence-corrected chi connectivity index (χ1v) is 9.27. The lowest BCUT2D eigenvalue weighted by atomic mass is 10.0. The molecule has 2 aliphatic rings. The number of anilines is 1. The van der Waals surface area contributed by atoms with E-state index in [0.29, 0.717) is 41.7 Å². The minimum absolute atomic E-state index is 0.254. The second kappa shape index (κ2) is 6.22. The fourth-order valence-corrected chi connectivity index (χ4v) is 4.15. The Morgan fingerprint density at radius 3 is 3.04 bits per heavy atom. The number of amides is 1. The van der Waals surface area contributed by atoms with Crippen LogP contribution in [0.25, 0.3) is 5.65 Å². The van der Waals surface area contributed by atoms with Gasteiger partial charge in [0.15, 0.2) is 5.65 Å². The maximum absolute atomic E-state index is 14.5. The van der Waals surface area contributed by atoms with Gasteiger partial charge in [-0.15, -0.1) is 0 Å². The first-order chi connectivity index (χ1) is 13.6. The molecule has 9 heteroatoms. The predicted octanol–water partition coefficient (Wildman–Crippen LogP) is 2.35. The third kappa shape index (κ3) is 2.61. The number of hydrogen-bond donors (Lipinski definition) is 1. The molecule has 1 saturated carbocycles. The summed E-state index contributed by atoms with van der Waals surface area (Å²) in [5.74, 6) is -0.105. The molecule has 2 unspecified atom stereocenters. The predicted molar refractivity (Wildman–Crippen MR) is 96.8 cm³/mol. The first kappa shape index (κ1) is 17.0. The van der Waals surface area contributed by atoms with Gasteiger partial charge in [-0.25, -0.2) is 18.3 Å². The molecular formula is C19H18F2N6O. The summed E-state index contributed by atoms with van der Waals surface area (Å²) < 4.78 is 29.7. The normalized spacial score (nSPS) is 23.1. The molecule has 5 rings (SSSR count). The third-order valence-electron chi connectivity index (χ3n) is 5.52. The van der Waals surface area contributed by atoms with E-state index in [4.69, 9.17) is 0 Å². The molecule has 28 heavy (non-hydrogen) atoms. The standard InChI is InChI=1S/C19H18F2N6O/c1-2-22-18(28)14-7-24-27-9-23-19(25-17(14)27)26-8-10-5-12(10)16(26)13-6-11(20)3-4-15(13)21/h3-4,6-7,9-10,12,16H,2,5,8H2,1H3,(H,22,28)/t10?,12?,16-/m1/s1. The molecule has 0 spiro atoms. The van der Waals surface area contributed by atoms with Crippen LogP contribution in [0.4, 0.5) is 14.7 Å². The third-order valence-corrected chi connectivity index (χ3v) is 5.52. The number of carbonyl (C=O) groups excluding carboxylic acids is 1. The van der Waals surface area contributed by atoms with E-state index in [-0.39, 0.29) is 17.9 Å². The summed E-state index contributed by atoms with van der Waals surface area (Å²) in [6.45, 7) is 3.00. The van der Waals surface area contributed by atoms with Crippen molar-refractivity contribution in [3.63, 3.8) is 0 Å². The minimum atomic E-state index is -0.467. The number of fused-ring (bicyclic) bond motifs is 2. The molecule has 1 aliphatic heterocycles. The highest BCUT2D eigenvalue weighted by Crippen LogP contribution is 2.57. The van der Waals surface area contributed by atoms with E-state index in [1.54, 1.807) is 0 Å². The van der Waals surface area contributed by atoms with Crippen LogP contribution < -0.4 is 10.2 Å². The van der Waals surface area contributed by atoms with Gasteiger partial charge in [-0.3, -0.25) is 4.79 Å². The van der Waals surface area contributed by atoms with Crippen molar-refractivity contribution in [2.45, 2.75) is 19.4 Å². The Hall–Kier alpha value is -3.10. The molecule has 3 aromatic rings. The van der Waals surface area contributed by atoms with Crippen molar-refractivity contribution in [2.24, 2.45) is 11.8 Å².